The van der Waals surface area contributed by atoms with Crippen molar-refractivity contribution in [1.29, 1.82) is 0 Å². The monoisotopic (exact) mass is 282 g/mol. The molecule has 0 bridgehead atoms. The van der Waals surface area contributed by atoms with Gasteiger partial charge < -0.3 is 10.3 Å². The van der Waals surface area contributed by atoms with Crippen LogP contribution in [0.15, 0.2) is 54.7 Å². The normalized spacial score (nSPS) is 12.7. The predicted molar refractivity (Wildman–Crippen MR) is 85.1 cm³/mol. The van der Waals surface area contributed by atoms with Gasteiger partial charge in [0.1, 0.15) is 5.82 Å². The van der Waals surface area contributed by atoms with Gasteiger partial charge in [-0.25, -0.2) is 4.39 Å². The molecule has 2 N–H and O–H groups in total. The van der Waals surface area contributed by atoms with Crippen LogP contribution in [0.3, 0.4) is 0 Å². The van der Waals surface area contributed by atoms with E-state index in [4.69, 9.17) is 0 Å². The molecular formula is C18H19FN2. The van der Waals surface area contributed by atoms with Gasteiger partial charge in [-0.2, -0.15) is 0 Å². The SMILES string of the molecule is CNCCC(c1ccccc1)c1ccc2[nH]ccc2c1F. The van der Waals surface area contributed by atoms with E-state index in [0.717, 1.165) is 29.6 Å². The Kier molecular flexibility index (Phi) is 4.02. The lowest BCUT2D eigenvalue weighted by Gasteiger charge is -2.19. The van der Waals surface area contributed by atoms with Crippen molar-refractivity contribution in [2.24, 2.45) is 0 Å². The highest BCUT2D eigenvalue weighted by Crippen LogP contribution is 2.32. The molecule has 0 amide bonds. The number of nitrogens with one attached hydrogen (secondary N) is 2. The number of H-pyrrole nitrogens is 1. The number of rotatable bonds is 5. The van der Waals surface area contributed by atoms with E-state index in [-0.39, 0.29) is 11.7 Å². The van der Waals surface area contributed by atoms with Gasteiger partial charge in [-0.1, -0.05) is 36.4 Å². The maximum absolute atomic E-state index is 14.8. The summed E-state index contributed by atoms with van der Waals surface area (Å²) in [6.07, 6.45) is 2.65. The lowest BCUT2D eigenvalue weighted by atomic mass is 9.87. The van der Waals surface area contributed by atoms with Gasteiger partial charge in [-0.3, -0.25) is 0 Å². The lowest BCUT2D eigenvalue weighted by Crippen LogP contribution is -2.14. The Balaban J connectivity index is 2.07. The number of fused-ring (bicyclic) bond motifs is 1. The second-order valence-electron chi connectivity index (χ2n) is 5.26. The Morgan fingerprint density at radius 3 is 2.67 bits per heavy atom. The maximum atomic E-state index is 14.8. The Morgan fingerprint density at radius 1 is 1.10 bits per heavy atom. The predicted octanol–water partition coefficient (Wildman–Crippen LogP) is 4.05. The first-order valence-corrected chi connectivity index (χ1v) is 7.26. The molecule has 0 spiro atoms. The van der Waals surface area contributed by atoms with E-state index in [2.05, 4.69) is 22.4 Å². The molecule has 0 fully saturated rings. The van der Waals surface area contributed by atoms with Crippen molar-refractivity contribution in [2.45, 2.75) is 12.3 Å². The standard InChI is InChI=1S/C18H19FN2/c1-20-11-9-14(13-5-3-2-4-6-13)15-7-8-17-16(18(15)19)10-12-21-17/h2-8,10,12,14,20-21H,9,11H2,1H3. The minimum Gasteiger partial charge on any atom is -0.361 e. The zero-order chi connectivity index (χ0) is 14.7. The van der Waals surface area contributed by atoms with Crippen molar-refractivity contribution in [2.75, 3.05) is 13.6 Å². The van der Waals surface area contributed by atoms with Gasteiger partial charge in [0, 0.05) is 23.0 Å². The number of aromatic nitrogens is 1. The fraction of sp³-hybridized carbons (Fsp3) is 0.222. The van der Waals surface area contributed by atoms with Gasteiger partial charge in [-0.15, -0.1) is 0 Å². The summed E-state index contributed by atoms with van der Waals surface area (Å²) in [7, 11) is 1.92. The highest BCUT2D eigenvalue weighted by atomic mass is 19.1. The van der Waals surface area contributed by atoms with Crippen LogP contribution in [0.25, 0.3) is 10.9 Å². The van der Waals surface area contributed by atoms with Crippen molar-refractivity contribution in [3.8, 4) is 0 Å². The van der Waals surface area contributed by atoms with E-state index in [1.165, 1.54) is 0 Å². The van der Waals surface area contributed by atoms with Crippen LogP contribution in [0.2, 0.25) is 0 Å². The Bertz CT molecular complexity index is 718. The van der Waals surface area contributed by atoms with Gasteiger partial charge in [-0.05, 0) is 43.3 Å². The van der Waals surface area contributed by atoms with Gasteiger partial charge in [0.15, 0.2) is 0 Å². The smallest absolute Gasteiger partial charge is 0.136 e. The summed E-state index contributed by atoms with van der Waals surface area (Å²) in [5.74, 6) is -0.0448. The molecule has 2 aromatic carbocycles. The minimum atomic E-state index is -0.112. The van der Waals surface area contributed by atoms with Crippen LogP contribution in [-0.2, 0) is 0 Å². The van der Waals surface area contributed by atoms with Crippen LogP contribution in [0.1, 0.15) is 23.5 Å². The molecule has 3 rings (SSSR count). The molecule has 0 saturated carbocycles. The first-order valence-electron chi connectivity index (χ1n) is 7.26. The summed E-state index contributed by atoms with van der Waals surface area (Å²) in [5.41, 5.74) is 2.77. The second-order valence-corrected chi connectivity index (χ2v) is 5.26. The molecular weight excluding hydrogens is 263 g/mol. The van der Waals surface area contributed by atoms with Crippen molar-refractivity contribution in [3.05, 3.63) is 71.7 Å². The molecule has 0 aliphatic heterocycles. The Morgan fingerprint density at radius 2 is 1.90 bits per heavy atom. The van der Waals surface area contributed by atoms with Crippen LogP contribution in [0.4, 0.5) is 4.39 Å². The average molecular weight is 282 g/mol. The first-order chi connectivity index (χ1) is 10.3. The Labute approximate surface area is 124 Å². The molecule has 1 aromatic heterocycles. The van der Waals surface area contributed by atoms with Gasteiger partial charge in [0.05, 0.1) is 0 Å². The van der Waals surface area contributed by atoms with Crippen LogP contribution < -0.4 is 5.32 Å². The molecule has 3 heteroatoms. The van der Waals surface area contributed by atoms with E-state index in [9.17, 15) is 4.39 Å². The quantitative estimate of drug-likeness (QED) is 0.726. The second kappa shape index (κ2) is 6.10. The molecule has 21 heavy (non-hydrogen) atoms. The van der Waals surface area contributed by atoms with Crippen LogP contribution in [0.5, 0.6) is 0 Å². The van der Waals surface area contributed by atoms with Gasteiger partial charge in [0.25, 0.3) is 0 Å². The third-order valence-corrected chi connectivity index (χ3v) is 3.96. The average Bonchev–Trinajstić information content (AvgIpc) is 3.00. The van der Waals surface area contributed by atoms with E-state index in [0.29, 0.717) is 5.39 Å². The van der Waals surface area contributed by atoms with Gasteiger partial charge in [0.2, 0.25) is 0 Å². The number of benzene rings is 2. The highest BCUT2D eigenvalue weighted by Gasteiger charge is 2.19. The number of aromatic amines is 1. The van der Waals surface area contributed by atoms with Crippen molar-refractivity contribution >= 4 is 10.9 Å². The molecule has 1 heterocycles. The summed E-state index contributed by atoms with van der Waals surface area (Å²) in [6.45, 7) is 0.851. The maximum Gasteiger partial charge on any atom is 0.136 e. The van der Waals surface area contributed by atoms with Crippen molar-refractivity contribution in [1.82, 2.24) is 10.3 Å². The summed E-state index contributed by atoms with van der Waals surface area (Å²) >= 11 is 0. The largest absolute Gasteiger partial charge is 0.361 e. The van der Waals surface area contributed by atoms with E-state index in [1.54, 1.807) is 12.3 Å². The highest BCUT2D eigenvalue weighted by molar-refractivity contribution is 5.81. The molecule has 108 valence electrons. The van der Waals surface area contributed by atoms with Crippen LogP contribution in [0, 0.1) is 5.82 Å². The first kappa shape index (κ1) is 13.8. The zero-order valence-corrected chi connectivity index (χ0v) is 12.1. The molecule has 0 saturated heterocycles. The summed E-state index contributed by atoms with van der Waals surface area (Å²) in [4.78, 5) is 3.06. The fourth-order valence-electron chi connectivity index (χ4n) is 2.86. The summed E-state index contributed by atoms with van der Waals surface area (Å²) in [6, 6.07) is 15.8. The van der Waals surface area contributed by atoms with Crippen molar-refractivity contribution < 1.29 is 4.39 Å². The molecule has 0 aliphatic carbocycles. The van der Waals surface area contributed by atoms with E-state index < -0.39 is 0 Å². The third-order valence-electron chi connectivity index (χ3n) is 3.96. The Hall–Kier alpha value is -2.13. The number of hydrogen-bond donors (Lipinski definition) is 2. The van der Waals surface area contributed by atoms with Crippen molar-refractivity contribution in [3.63, 3.8) is 0 Å². The zero-order valence-electron chi connectivity index (χ0n) is 12.1. The minimum absolute atomic E-state index is 0.0675. The van der Waals surface area contributed by atoms with E-state index in [1.807, 2.05) is 37.4 Å². The molecule has 2 nitrogen and oxygen atoms in total. The molecule has 1 unspecified atom stereocenters. The number of halogens is 1. The molecule has 1 atom stereocenters. The summed E-state index contributed by atoms with van der Waals surface area (Å²) in [5, 5.41) is 3.83. The molecule has 0 aliphatic rings. The molecule has 0 radical (unpaired) electrons. The fourth-order valence-corrected chi connectivity index (χ4v) is 2.86. The van der Waals surface area contributed by atoms with Crippen LogP contribution >= 0.6 is 0 Å². The summed E-state index contributed by atoms with van der Waals surface area (Å²) < 4.78 is 14.8. The third kappa shape index (κ3) is 2.69. The number of hydrogen-bond acceptors (Lipinski definition) is 1. The van der Waals surface area contributed by atoms with Crippen LogP contribution in [-0.4, -0.2) is 18.6 Å². The lowest BCUT2D eigenvalue weighted by molar-refractivity contribution is 0.587. The van der Waals surface area contributed by atoms with Gasteiger partial charge >= 0.3 is 0 Å². The van der Waals surface area contributed by atoms with E-state index >= 15 is 0 Å². The molecule has 3 aromatic rings. The topological polar surface area (TPSA) is 27.8 Å².